The Morgan fingerprint density at radius 2 is 1.81 bits per heavy atom. The molecule has 0 atom stereocenters. The molecule has 4 rings (SSSR count). The molecule has 7 heteroatoms. The number of benzene rings is 2. The predicted octanol–water partition coefficient (Wildman–Crippen LogP) is 4.24. The second-order valence-electron chi connectivity index (χ2n) is 6.35. The van der Waals surface area contributed by atoms with E-state index in [1.165, 1.54) is 0 Å². The van der Waals surface area contributed by atoms with E-state index in [1.54, 1.807) is 47.3 Å². The summed E-state index contributed by atoms with van der Waals surface area (Å²) in [6.07, 6.45) is 1.62. The number of hydrogen-bond donors (Lipinski definition) is 1. The van der Waals surface area contributed by atoms with Crippen LogP contribution in [-0.2, 0) is 0 Å². The van der Waals surface area contributed by atoms with Crippen LogP contribution in [0.25, 0.3) is 0 Å². The van der Waals surface area contributed by atoms with E-state index in [4.69, 9.17) is 14.2 Å². The zero-order chi connectivity index (χ0) is 18.8. The second-order valence-corrected chi connectivity index (χ2v) is 6.35. The summed E-state index contributed by atoms with van der Waals surface area (Å²) in [6, 6.07) is 14.4. The van der Waals surface area contributed by atoms with E-state index in [1.807, 2.05) is 26.0 Å². The summed E-state index contributed by atoms with van der Waals surface area (Å²) in [4.78, 5) is 12.5. The van der Waals surface area contributed by atoms with Gasteiger partial charge in [-0.25, -0.2) is 0 Å². The average Bonchev–Trinajstić information content (AvgIpc) is 3.32. The third kappa shape index (κ3) is 3.57. The molecule has 0 saturated carbocycles. The summed E-state index contributed by atoms with van der Waals surface area (Å²) in [5.74, 6) is 2.47. The lowest BCUT2D eigenvalue weighted by Gasteiger charge is -2.11. The second kappa shape index (κ2) is 7.03. The minimum absolute atomic E-state index is 0.109. The molecule has 0 fully saturated rings. The van der Waals surface area contributed by atoms with Crippen LogP contribution in [0.1, 0.15) is 30.4 Å². The molecule has 2 aromatic carbocycles. The smallest absolute Gasteiger partial charge is 0.273 e. The van der Waals surface area contributed by atoms with E-state index in [0.717, 1.165) is 0 Å². The van der Waals surface area contributed by atoms with Crippen molar-refractivity contribution in [3.05, 3.63) is 60.4 Å². The van der Waals surface area contributed by atoms with Crippen LogP contribution in [0.15, 0.2) is 54.7 Å². The predicted molar refractivity (Wildman–Crippen MR) is 99.6 cm³/mol. The topological polar surface area (TPSA) is 74.6 Å². The van der Waals surface area contributed by atoms with Crippen LogP contribution in [-0.4, -0.2) is 22.5 Å². The summed E-state index contributed by atoms with van der Waals surface area (Å²) < 4.78 is 18.1. The molecule has 1 aliphatic heterocycles. The Kier molecular flexibility index (Phi) is 4.42. The maximum absolute atomic E-state index is 12.5. The van der Waals surface area contributed by atoms with Gasteiger partial charge in [-0.1, -0.05) is 0 Å². The molecule has 2 heterocycles. The number of anilines is 1. The maximum Gasteiger partial charge on any atom is 0.273 e. The molecular weight excluding hydrogens is 346 g/mol. The minimum atomic E-state index is -0.203. The number of nitrogens with one attached hydrogen (secondary N) is 1. The van der Waals surface area contributed by atoms with Crippen molar-refractivity contribution in [2.75, 3.05) is 12.1 Å². The molecule has 0 bridgehead atoms. The largest absolute Gasteiger partial charge is 0.457 e. The quantitative estimate of drug-likeness (QED) is 0.732. The van der Waals surface area contributed by atoms with Gasteiger partial charge < -0.3 is 19.5 Å². The summed E-state index contributed by atoms with van der Waals surface area (Å²) in [5, 5.41) is 7.05. The first kappa shape index (κ1) is 17.0. The number of aromatic nitrogens is 2. The number of carbonyl (C=O) groups is 1. The molecule has 1 aliphatic rings. The Morgan fingerprint density at radius 3 is 2.59 bits per heavy atom. The van der Waals surface area contributed by atoms with E-state index in [-0.39, 0.29) is 18.7 Å². The van der Waals surface area contributed by atoms with Crippen molar-refractivity contribution in [3.63, 3.8) is 0 Å². The normalized spacial score (nSPS) is 12.3. The fourth-order valence-electron chi connectivity index (χ4n) is 2.78. The van der Waals surface area contributed by atoms with Gasteiger partial charge in [0.05, 0.1) is 0 Å². The van der Waals surface area contributed by atoms with Gasteiger partial charge in [0, 0.05) is 24.0 Å². The van der Waals surface area contributed by atoms with Gasteiger partial charge >= 0.3 is 0 Å². The highest BCUT2D eigenvalue weighted by Gasteiger charge is 2.15. The number of hydrogen-bond acceptors (Lipinski definition) is 5. The van der Waals surface area contributed by atoms with Crippen molar-refractivity contribution in [2.24, 2.45) is 0 Å². The van der Waals surface area contributed by atoms with Gasteiger partial charge in [-0.2, -0.15) is 5.10 Å². The lowest BCUT2D eigenvalue weighted by molar-refractivity contribution is 0.101. The Labute approximate surface area is 156 Å². The monoisotopic (exact) mass is 365 g/mol. The minimum Gasteiger partial charge on any atom is -0.457 e. The van der Waals surface area contributed by atoms with Crippen LogP contribution in [0.3, 0.4) is 0 Å². The number of rotatable bonds is 5. The van der Waals surface area contributed by atoms with Crippen molar-refractivity contribution in [2.45, 2.75) is 19.9 Å². The molecule has 3 aromatic rings. The molecule has 0 spiro atoms. The molecule has 0 radical (unpaired) electrons. The molecule has 27 heavy (non-hydrogen) atoms. The van der Waals surface area contributed by atoms with Gasteiger partial charge in [0.15, 0.2) is 11.5 Å². The zero-order valence-electron chi connectivity index (χ0n) is 15.0. The lowest BCUT2D eigenvalue weighted by atomic mass is 10.2. The lowest BCUT2D eigenvalue weighted by Crippen LogP contribution is -2.18. The van der Waals surface area contributed by atoms with Crippen molar-refractivity contribution < 1.29 is 19.0 Å². The molecule has 0 aliphatic carbocycles. The first-order valence-electron chi connectivity index (χ1n) is 8.62. The summed E-state index contributed by atoms with van der Waals surface area (Å²) in [5.41, 5.74) is 1.19. The molecule has 1 N–H and O–H groups in total. The van der Waals surface area contributed by atoms with Crippen molar-refractivity contribution in [1.29, 1.82) is 0 Å². The van der Waals surface area contributed by atoms with Gasteiger partial charge in [-0.15, -0.1) is 0 Å². The number of fused-ring (bicyclic) bond motifs is 1. The van der Waals surface area contributed by atoms with Crippen LogP contribution in [0, 0.1) is 0 Å². The Morgan fingerprint density at radius 1 is 1.07 bits per heavy atom. The van der Waals surface area contributed by atoms with Crippen molar-refractivity contribution >= 4 is 11.6 Å². The maximum atomic E-state index is 12.5. The Hall–Kier alpha value is -3.48. The highest BCUT2D eigenvalue weighted by molar-refractivity contribution is 6.03. The first-order chi connectivity index (χ1) is 13.1. The molecule has 138 valence electrons. The third-order valence-electron chi connectivity index (χ3n) is 4.08. The molecular formula is C20H19N3O4. The van der Waals surface area contributed by atoms with Crippen LogP contribution in [0.2, 0.25) is 0 Å². The molecule has 1 amide bonds. The molecule has 0 unspecified atom stereocenters. The van der Waals surface area contributed by atoms with Gasteiger partial charge in [0.2, 0.25) is 6.79 Å². The van der Waals surface area contributed by atoms with Crippen LogP contribution < -0.4 is 19.5 Å². The molecule has 1 aromatic heterocycles. The fraction of sp³-hybridized carbons (Fsp3) is 0.200. The SMILES string of the molecule is CC(C)n1nccc1C(=O)Nc1ccc(Oc2ccc3c(c2)OCO3)cc1. The number of amides is 1. The van der Waals surface area contributed by atoms with Crippen molar-refractivity contribution in [3.8, 4) is 23.0 Å². The summed E-state index contributed by atoms with van der Waals surface area (Å²) in [6.45, 7) is 4.18. The van der Waals surface area contributed by atoms with E-state index < -0.39 is 0 Å². The molecule has 7 nitrogen and oxygen atoms in total. The van der Waals surface area contributed by atoms with Crippen LogP contribution in [0.5, 0.6) is 23.0 Å². The highest BCUT2D eigenvalue weighted by atomic mass is 16.7. The van der Waals surface area contributed by atoms with E-state index >= 15 is 0 Å². The average molecular weight is 365 g/mol. The zero-order valence-corrected chi connectivity index (χ0v) is 15.0. The van der Waals surface area contributed by atoms with Gasteiger partial charge in [-0.05, 0) is 56.3 Å². The Bertz CT molecular complexity index is 964. The van der Waals surface area contributed by atoms with Gasteiger partial charge in [0.25, 0.3) is 5.91 Å². The van der Waals surface area contributed by atoms with Gasteiger partial charge in [-0.3, -0.25) is 9.48 Å². The fourth-order valence-corrected chi connectivity index (χ4v) is 2.78. The third-order valence-corrected chi connectivity index (χ3v) is 4.08. The van der Waals surface area contributed by atoms with E-state index in [9.17, 15) is 4.79 Å². The molecule has 0 saturated heterocycles. The van der Waals surface area contributed by atoms with E-state index in [2.05, 4.69) is 10.4 Å². The van der Waals surface area contributed by atoms with Crippen LogP contribution >= 0.6 is 0 Å². The number of nitrogens with zero attached hydrogens (tertiary/aromatic N) is 2. The summed E-state index contributed by atoms with van der Waals surface area (Å²) >= 11 is 0. The van der Waals surface area contributed by atoms with Gasteiger partial charge in [0.1, 0.15) is 17.2 Å². The standard InChI is InChI=1S/C20H19N3O4/c1-13(2)23-17(9-10-21-23)20(24)22-14-3-5-15(6-4-14)27-16-7-8-18-19(11-16)26-12-25-18/h3-11,13H,12H2,1-2H3,(H,22,24). The van der Waals surface area contributed by atoms with E-state index in [0.29, 0.717) is 34.4 Å². The number of ether oxygens (including phenoxy) is 3. The first-order valence-corrected chi connectivity index (χ1v) is 8.62. The van der Waals surface area contributed by atoms with Crippen molar-refractivity contribution in [1.82, 2.24) is 9.78 Å². The number of carbonyl (C=O) groups excluding carboxylic acids is 1. The Balaban J connectivity index is 1.43. The summed E-state index contributed by atoms with van der Waals surface area (Å²) in [7, 11) is 0. The highest BCUT2D eigenvalue weighted by Crippen LogP contribution is 2.36. The van der Waals surface area contributed by atoms with Crippen LogP contribution in [0.4, 0.5) is 5.69 Å².